The van der Waals surface area contributed by atoms with E-state index in [4.69, 9.17) is 5.73 Å². The molecular weight excluding hydrogens is 270 g/mol. The van der Waals surface area contributed by atoms with E-state index in [0.717, 1.165) is 0 Å². The molecule has 21 heavy (non-hydrogen) atoms. The summed E-state index contributed by atoms with van der Waals surface area (Å²) in [6.07, 6.45) is 1.71. The Bertz CT molecular complexity index is 709. The lowest BCUT2D eigenvalue weighted by Crippen LogP contribution is -2.28. The van der Waals surface area contributed by atoms with Gasteiger partial charge in [-0.25, -0.2) is 4.79 Å². The van der Waals surface area contributed by atoms with Crippen molar-refractivity contribution in [3.8, 4) is 0 Å². The molecule has 0 spiro atoms. The molecule has 3 N–H and O–H groups in total. The molecule has 110 valence electrons. The van der Waals surface area contributed by atoms with E-state index < -0.39 is 5.97 Å². The summed E-state index contributed by atoms with van der Waals surface area (Å²) >= 11 is 0. The van der Waals surface area contributed by atoms with Crippen LogP contribution in [0.15, 0.2) is 47.4 Å². The number of rotatable bonds is 5. The van der Waals surface area contributed by atoms with Crippen LogP contribution in [-0.4, -0.2) is 29.2 Å². The standard InChI is InChI=1S/C15H17N3O3/c1-17(8-9-18-7-3-2-4-14(18)19)13-6-5-11(16)10-12(13)15(20)21/h2-7,10H,8-9,16H2,1H3,(H,20,21). The van der Waals surface area contributed by atoms with Crippen LogP contribution >= 0.6 is 0 Å². The summed E-state index contributed by atoms with van der Waals surface area (Å²) in [5, 5.41) is 9.23. The first-order chi connectivity index (χ1) is 9.99. The van der Waals surface area contributed by atoms with Gasteiger partial charge in [-0.3, -0.25) is 4.79 Å². The third-order valence-corrected chi connectivity index (χ3v) is 3.24. The van der Waals surface area contributed by atoms with Crippen LogP contribution in [-0.2, 0) is 6.54 Å². The molecule has 2 rings (SSSR count). The number of hydrogen-bond acceptors (Lipinski definition) is 4. The van der Waals surface area contributed by atoms with Gasteiger partial charge < -0.3 is 20.3 Å². The Morgan fingerprint density at radius 1 is 1.33 bits per heavy atom. The number of aromatic carboxylic acids is 1. The zero-order valence-corrected chi connectivity index (χ0v) is 11.7. The zero-order chi connectivity index (χ0) is 15.4. The van der Waals surface area contributed by atoms with Gasteiger partial charge in [0.05, 0.1) is 11.3 Å². The minimum atomic E-state index is -1.03. The maximum absolute atomic E-state index is 11.6. The zero-order valence-electron chi connectivity index (χ0n) is 11.7. The Morgan fingerprint density at radius 3 is 2.76 bits per heavy atom. The highest BCUT2D eigenvalue weighted by atomic mass is 16.4. The number of nitrogens with two attached hydrogens (primary N) is 1. The number of pyridine rings is 1. The molecule has 0 aliphatic heterocycles. The van der Waals surface area contributed by atoms with Gasteiger partial charge in [0.15, 0.2) is 0 Å². The quantitative estimate of drug-likeness (QED) is 0.808. The van der Waals surface area contributed by atoms with Crippen molar-refractivity contribution in [2.24, 2.45) is 0 Å². The van der Waals surface area contributed by atoms with E-state index in [1.165, 1.54) is 12.1 Å². The van der Waals surface area contributed by atoms with E-state index in [9.17, 15) is 14.7 Å². The molecule has 0 aliphatic carbocycles. The first kappa shape index (κ1) is 14.6. The Morgan fingerprint density at radius 2 is 2.10 bits per heavy atom. The molecule has 0 fully saturated rings. The number of hydrogen-bond donors (Lipinski definition) is 2. The number of carbonyl (C=O) groups is 1. The summed E-state index contributed by atoms with van der Waals surface area (Å²) in [5.41, 5.74) is 6.67. The highest BCUT2D eigenvalue weighted by Crippen LogP contribution is 2.22. The minimum Gasteiger partial charge on any atom is -0.478 e. The molecular formula is C15H17N3O3. The second kappa shape index (κ2) is 6.13. The smallest absolute Gasteiger partial charge is 0.337 e. The van der Waals surface area contributed by atoms with E-state index in [-0.39, 0.29) is 11.1 Å². The topological polar surface area (TPSA) is 88.6 Å². The van der Waals surface area contributed by atoms with Crippen molar-refractivity contribution in [1.29, 1.82) is 0 Å². The molecule has 2 aromatic rings. The molecule has 0 atom stereocenters. The van der Waals surface area contributed by atoms with Gasteiger partial charge in [-0.15, -0.1) is 0 Å². The van der Waals surface area contributed by atoms with Gasteiger partial charge >= 0.3 is 5.97 Å². The fourth-order valence-corrected chi connectivity index (χ4v) is 2.08. The van der Waals surface area contributed by atoms with Crippen LogP contribution in [0, 0.1) is 0 Å². The van der Waals surface area contributed by atoms with Crippen molar-refractivity contribution in [3.05, 3.63) is 58.5 Å². The molecule has 1 aromatic carbocycles. The van der Waals surface area contributed by atoms with E-state index in [1.54, 1.807) is 47.0 Å². The van der Waals surface area contributed by atoms with Gasteiger partial charge in [0, 0.05) is 38.1 Å². The van der Waals surface area contributed by atoms with Gasteiger partial charge in [-0.1, -0.05) is 6.07 Å². The van der Waals surface area contributed by atoms with Crippen LogP contribution in [0.1, 0.15) is 10.4 Å². The molecule has 0 saturated carbocycles. The summed E-state index contributed by atoms with van der Waals surface area (Å²) in [4.78, 5) is 24.7. The van der Waals surface area contributed by atoms with E-state index in [2.05, 4.69) is 0 Å². The van der Waals surface area contributed by atoms with Crippen molar-refractivity contribution in [1.82, 2.24) is 4.57 Å². The molecule has 1 aromatic heterocycles. The largest absolute Gasteiger partial charge is 0.478 e. The fraction of sp³-hybridized carbons (Fsp3) is 0.200. The van der Waals surface area contributed by atoms with Crippen LogP contribution in [0.25, 0.3) is 0 Å². The van der Waals surface area contributed by atoms with E-state index >= 15 is 0 Å². The predicted molar refractivity (Wildman–Crippen MR) is 81.8 cm³/mol. The molecule has 0 radical (unpaired) electrons. The second-order valence-corrected chi connectivity index (χ2v) is 4.74. The summed E-state index contributed by atoms with van der Waals surface area (Å²) in [6, 6.07) is 9.73. The van der Waals surface area contributed by atoms with Crippen molar-refractivity contribution >= 4 is 17.3 Å². The van der Waals surface area contributed by atoms with Crippen LogP contribution in [0.4, 0.5) is 11.4 Å². The summed E-state index contributed by atoms with van der Waals surface area (Å²) in [5.74, 6) is -1.03. The highest BCUT2D eigenvalue weighted by Gasteiger charge is 2.13. The van der Waals surface area contributed by atoms with Crippen LogP contribution in [0.2, 0.25) is 0 Å². The summed E-state index contributed by atoms with van der Waals surface area (Å²) in [6.45, 7) is 0.980. The van der Waals surface area contributed by atoms with Crippen molar-refractivity contribution in [2.75, 3.05) is 24.2 Å². The molecule has 0 bridgehead atoms. The normalized spacial score (nSPS) is 10.3. The van der Waals surface area contributed by atoms with Crippen molar-refractivity contribution in [2.45, 2.75) is 6.54 Å². The monoisotopic (exact) mass is 287 g/mol. The van der Waals surface area contributed by atoms with Gasteiger partial charge in [0.2, 0.25) is 0 Å². The van der Waals surface area contributed by atoms with E-state index in [1.807, 2.05) is 0 Å². The molecule has 0 amide bonds. The molecule has 6 nitrogen and oxygen atoms in total. The number of likely N-dealkylation sites (N-methyl/N-ethyl adjacent to an activating group) is 1. The Kier molecular flexibility index (Phi) is 4.27. The SMILES string of the molecule is CN(CCn1ccccc1=O)c1ccc(N)cc1C(=O)O. The van der Waals surface area contributed by atoms with E-state index in [0.29, 0.717) is 24.5 Å². The molecule has 0 unspecified atom stereocenters. The molecule has 0 saturated heterocycles. The third-order valence-electron chi connectivity index (χ3n) is 3.24. The van der Waals surface area contributed by atoms with Crippen molar-refractivity contribution < 1.29 is 9.90 Å². The fourth-order valence-electron chi connectivity index (χ4n) is 2.08. The number of carboxylic acids is 1. The maximum atomic E-state index is 11.6. The minimum absolute atomic E-state index is 0.0818. The number of nitrogens with zero attached hydrogens (tertiary/aromatic N) is 2. The molecule has 1 heterocycles. The van der Waals surface area contributed by atoms with Crippen LogP contribution in [0.3, 0.4) is 0 Å². The lowest BCUT2D eigenvalue weighted by atomic mass is 10.1. The number of benzene rings is 1. The van der Waals surface area contributed by atoms with Crippen LogP contribution in [0.5, 0.6) is 0 Å². The molecule has 6 heteroatoms. The lowest BCUT2D eigenvalue weighted by Gasteiger charge is -2.22. The van der Waals surface area contributed by atoms with Gasteiger partial charge in [-0.05, 0) is 24.3 Å². The Labute approximate surface area is 122 Å². The average molecular weight is 287 g/mol. The van der Waals surface area contributed by atoms with Gasteiger partial charge in [-0.2, -0.15) is 0 Å². The maximum Gasteiger partial charge on any atom is 0.337 e. The molecule has 0 aliphatic rings. The van der Waals surface area contributed by atoms with Crippen molar-refractivity contribution in [3.63, 3.8) is 0 Å². The average Bonchev–Trinajstić information content (AvgIpc) is 2.46. The van der Waals surface area contributed by atoms with Crippen LogP contribution < -0.4 is 16.2 Å². The first-order valence-corrected chi connectivity index (χ1v) is 6.48. The highest BCUT2D eigenvalue weighted by molar-refractivity contribution is 5.95. The summed E-state index contributed by atoms with van der Waals surface area (Å²) in [7, 11) is 1.78. The Balaban J connectivity index is 2.18. The first-order valence-electron chi connectivity index (χ1n) is 6.48. The number of nitrogen functional groups attached to an aromatic ring is 1. The number of aromatic nitrogens is 1. The lowest BCUT2D eigenvalue weighted by molar-refractivity contribution is 0.0697. The number of anilines is 2. The summed E-state index contributed by atoms with van der Waals surface area (Å²) < 4.78 is 1.58. The Hall–Kier alpha value is -2.76. The third kappa shape index (κ3) is 3.42. The second-order valence-electron chi connectivity index (χ2n) is 4.74. The number of carboxylic acid groups (broad SMARTS) is 1. The van der Waals surface area contributed by atoms with Gasteiger partial charge in [0.1, 0.15) is 0 Å². The predicted octanol–water partition coefficient (Wildman–Crippen LogP) is 1.27. The van der Waals surface area contributed by atoms with Gasteiger partial charge in [0.25, 0.3) is 5.56 Å².